The molecule has 0 aliphatic carbocycles. The van der Waals surface area contributed by atoms with Gasteiger partial charge in [0.1, 0.15) is 0 Å². The van der Waals surface area contributed by atoms with Gasteiger partial charge in [0.2, 0.25) is 0 Å². The van der Waals surface area contributed by atoms with Crippen LogP contribution in [-0.4, -0.2) is 34.7 Å². The van der Waals surface area contributed by atoms with Gasteiger partial charge in [0, 0.05) is 0 Å². The molecule has 0 saturated carbocycles. The van der Waals surface area contributed by atoms with Gasteiger partial charge in [-0.15, -0.1) is 0 Å². The predicted molar refractivity (Wildman–Crippen MR) is 91.6 cm³/mol. The Morgan fingerprint density at radius 3 is 2.61 bits per heavy atom. The molecule has 0 atom stereocenters. The van der Waals surface area contributed by atoms with Crippen molar-refractivity contribution in [3.63, 3.8) is 0 Å². The first kappa shape index (κ1) is 15.5. The second kappa shape index (κ2) is 6.37. The molecule has 0 spiro atoms. The maximum atomic E-state index is 6.20. The van der Waals surface area contributed by atoms with E-state index >= 15 is 0 Å². The van der Waals surface area contributed by atoms with Gasteiger partial charge >= 0.3 is 140 Å². The number of aromatic nitrogens is 3. The Balaban J connectivity index is 1.93. The summed E-state index contributed by atoms with van der Waals surface area (Å²) in [6.07, 6.45) is 1.39. The van der Waals surface area contributed by atoms with Gasteiger partial charge < -0.3 is 0 Å². The molecule has 0 aliphatic rings. The van der Waals surface area contributed by atoms with Crippen LogP contribution in [-0.2, 0) is 18.1 Å². The fourth-order valence-electron chi connectivity index (χ4n) is 2.42. The average molecular weight is 375 g/mol. The zero-order valence-electron chi connectivity index (χ0n) is 12.3. The summed E-state index contributed by atoms with van der Waals surface area (Å²) in [5.74, 6) is 0.772. The summed E-state index contributed by atoms with van der Waals surface area (Å²) in [7, 11) is 0. The first-order chi connectivity index (χ1) is 11.1. The van der Waals surface area contributed by atoms with Crippen LogP contribution in [0.1, 0.15) is 11.1 Å². The third-order valence-electron chi connectivity index (χ3n) is 3.49. The van der Waals surface area contributed by atoms with Crippen molar-refractivity contribution in [3.05, 3.63) is 47.8 Å². The number of hydrogen-bond donors (Lipinski definition) is 3. The molecule has 0 amide bonds. The number of rotatable bonds is 5. The first-order valence-electron chi connectivity index (χ1n) is 6.89. The zero-order chi connectivity index (χ0) is 16.4. The SMILES string of the molecule is NC(=[Se])c1c(N)n(COCc2ccccc2)c2ncnc(N)c12. The van der Waals surface area contributed by atoms with Crippen molar-refractivity contribution in [1.82, 2.24) is 14.5 Å². The Bertz CT molecular complexity index is 861. The van der Waals surface area contributed by atoms with E-state index in [9.17, 15) is 0 Å². The van der Waals surface area contributed by atoms with Crippen molar-refractivity contribution in [2.24, 2.45) is 5.73 Å². The molecule has 0 unspecified atom stereocenters. The van der Waals surface area contributed by atoms with E-state index in [1.165, 1.54) is 6.33 Å². The standard InChI is InChI=1S/C15H16N6OSe/c16-12-10-11(14(18)23)13(17)21(15(10)20-7-19-12)8-22-6-9-4-2-1-3-5-9/h1-5,7H,6,8,17H2,(H2,18,23)(H2,16,19,20). The number of anilines is 2. The second-order valence-corrected chi connectivity index (χ2v) is 5.90. The van der Waals surface area contributed by atoms with Gasteiger partial charge in [0.15, 0.2) is 0 Å². The van der Waals surface area contributed by atoms with Crippen LogP contribution in [0.5, 0.6) is 0 Å². The Morgan fingerprint density at radius 2 is 1.91 bits per heavy atom. The van der Waals surface area contributed by atoms with Gasteiger partial charge in [0.25, 0.3) is 0 Å². The van der Waals surface area contributed by atoms with E-state index in [1.54, 1.807) is 4.57 Å². The Labute approximate surface area is 140 Å². The maximum absolute atomic E-state index is 6.20. The van der Waals surface area contributed by atoms with E-state index in [0.717, 1.165) is 5.56 Å². The minimum atomic E-state index is 0.237. The van der Waals surface area contributed by atoms with Crippen LogP contribution < -0.4 is 17.2 Å². The number of ether oxygens (including phenoxy) is 1. The molecule has 0 fully saturated rings. The van der Waals surface area contributed by atoms with Crippen LogP contribution in [0.3, 0.4) is 0 Å². The molecule has 3 rings (SSSR count). The molecule has 0 aliphatic heterocycles. The molecule has 23 heavy (non-hydrogen) atoms. The van der Waals surface area contributed by atoms with Gasteiger partial charge in [-0.1, -0.05) is 0 Å². The topological polar surface area (TPSA) is 118 Å². The molecule has 0 saturated heterocycles. The van der Waals surface area contributed by atoms with Crippen LogP contribution in [0.15, 0.2) is 36.7 Å². The van der Waals surface area contributed by atoms with Crippen molar-refractivity contribution in [2.75, 3.05) is 11.5 Å². The third kappa shape index (κ3) is 2.92. The van der Waals surface area contributed by atoms with E-state index in [4.69, 9.17) is 21.9 Å². The predicted octanol–water partition coefficient (Wildman–Crippen LogP) is 0.375. The third-order valence-corrected chi connectivity index (χ3v) is 3.92. The van der Waals surface area contributed by atoms with Crippen molar-refractivity contribution in [2.45, 2.75) is 13.3 Å². The number of fused-ring (bicyclic) bond motifs is 1. The van der Waals surface area contributed by atoms with E-state index in [-0.39, 0.29) is 6.73 Å². The molecule has 2 aromatic heterocycles. The Morgan fingerprint density at radius 1 is 1.17 bits per heavy atom. The Kier molecular flexibility index (Phi) is 4.29. The number of benzene rings is 1. The molecule has 6 N–H and O–H groups in total. The van der Waals surface area contributed by atoms with Crippen molar-refractivity contribution < 1.29 is 4.74 Å². The van der Waals surface area contributed by atoms with Crippen LogP contribution >= 0.6 is 0 Å². The summed E-state index contributed by atoms with van der Waals surface area (Å²) >= 11 is 2.76. The van der Waals surface area contributed by atoms with E-state index in [1.807, 2.05) is 30.3 Å². The normalized spacial score (nSPS) is 11.0. The summed E-state index contributed by atoms with van der Waals surface area (Å²) in [6, 6.07) is 9.88. The Hall–Kier alpha value is -2.41. The van der Waals surface area contributed by atoms with E-state index in [2.05, 4.69) is 25.5 Å². The van der Waals surface area contributed by atoms with Gasteiger partial charge in [-0.05, 0) is 0 Å². The summed E-state index contributed by atoms with van der Waals surface area (Å²) in [5, 5.41) is 0.629. The molecule has 118 valence electrons. The van der Waals surface area contributed by atoms with Crippen LogP contribution in [0, 0.1) is 0 Å². The molecule has 1 aromatic carbocycles. The van der Waals surface area contributed by atoms with Gasteiger partial charge in [-0.2, -0.15) is 0 Å². The van der Waals surface area contributed by atoms with Crippen molar-refractivity contribution in [3.8, 4) is 0 Å². The zero-order valence-corrected chi connectivity index (χ0v) is 14.0. The second-order valence-electron chi connectivity index (χ2n) is 4.97. The molecule has 7 nitrogen and oxygen atoms in total. The summed E-state index contributed by atoms with van der Waals surface area (Å²) < 4.78 is 7.92. The van der Waals surface area contributed by atoms with E-state index < -0.39 is 0 Å². The van der Waals surface area contributed by atoms with Crippen LogP contribution in [0.25, 0.3) is 11.0 Å². The van der Waals surface area contributed by atoms with E-state index in [0.29, 0.717) is 39.4 Å². The summed E-state index contributed by atoms with van der Waals surface area (Å²) in [4.78, 5) is 8.27. The quantitative estimate of drug-likeness (QED) is 0.555. The molecule has 3 aromatic rings. The van der Waals surface area contributed by atoms with Crippen molar-refractivity contribution in [1.29, 1.82) is 0 Å². The monoisotopic (exact) mass is 376 g/mol. The van der Waals surface area contributed by atoms with Gasteiger partial charge in [-0.3, -0.25) is 0 Å². The van der Waals surface area contributed by atoms with Crippen LogP contribution in [0.4, 0.5) is 11.6 Å². The number of hydrogen-bond acceptors (Lipinski definition) is 6. The fourth-order valence-corrected chi connectivity index (χ4v) is 2.85. The first-order valence-corrected chi connectivity index (χ1v) is 7.75. The molecule has 0 radical (unpaired) electrons. The summed E-state index contributed by atoms with van der Waals surface area (Å²) in [5.41, 5.74) is 20.3. The molecule has 2 heterocycles. The van der Waals surface area contributed by atoms with Crippen molar-refractivity contribution >= 4 is 42.8 Å². The number of nitrogens with two attached hydrogens (primary N) is 3. The number of nitrogens with zero attached hydrogens (tertiary/aromatic N) is 3. The van der Waals surface area contributed by atoms with Gasteiger partial charge in [0.05, 0.1) is 0 Å². The molecular weight excluding hydrogens is 359 g/mol. The van der Waals surface area contributed by atoms with Crippen LogP contribution in [0.2, 0.25) is 0 Å². The molecule has 0 bridgehead atoms. The number of nitrogen functional groups attached to an aromatic ring is 2. The molecule has 8 heteroatoms. The molecular formula is C15H16N6OSe. The average Bonchev–Trinajstić information content (AvgIpc) is 2.82. The minimum absolute atomic E-state index is 0.237. The fraction of sp³-hybridized carbons (Fsp3) is 0.133. The summed E-state index contributed by atoms with van der Waals surface area (Å²) in [6.45, 7) is 0.703. The van der Waals surface area contributed by atoms with Gasteiger partial charge in [-0.25, -0.2) is 0 Å².